The topological polar surface area (TPSA) is 12.0 Å². The third-order valence-corrected chi connectivity index (χ3v) is 5.19. The van der Waals surface area contributed by atoms with Gasteiger partial charge in [-0.05, 0) is 77.5 Å². The van der Waals surface area contributed by atoms with E-state index in [2.05, 4.69) is 43.8 Å². The molecule has 0 amide bonds. The lowest BCUT2D eigenvalue weighted by molar-refractivity contribution is 0.554. The van der Waals surface area contributed by atoms with Gasteiger partial charge < -0.3 is 5.32 Å². The van der Waals surface area contributed by atoms with E-state index in [9.17, 15) is 4.39 Å². The van der Waals surface area contributed by atoms with Gasteiger partial charge in [0.2, 0.25) is 0 Å². The minimum Gasteiger partial charge on any atom is -0.313 e. The second-order valence-corrected chi connectivity index (χ2v) is 6.94. The molecule has 0 aromatic heterocycles. The molecule has 0 radical (unpaired) electrons. The number of halogens is 4. The summed E-state index contributed by atoms with van der Waals surface area (Å²) in [6.07, 6.45) is 0.568. The second-order valence-electron chi connectivity index (χ2n) is 4.45. The molecule has 1 nitrogen and oxygen atoms in total. The van der Waals surface area contributed by atoms with Crippen molar-refractivity contribution in [1.29, 1.82) is 0 Å². The number of benzene rings is 2. The van der Waals surface area contributed by atoms with E-state index in [0.29, 0.717) is 12.0 Å². The van der Waals surface area contributed by atoms with Gasteiger partial charge >= 0.3 is 0 Å². The van der Waals surface area contributed by atoms with Gasteiger partial charge in [-0.1, -0.05) is 33.6 Å². The van der Waals surface area contributed by atoms with Gasteiger partial charge in [0.1, 0.15) is 5.82 Å². The zero-order valence-electron chi connectivity index (χ0n) is 10.8. The summed E-state index contributed by atoms with van der Waals surface area (Å²) in [6.45, 7) is 0. The van der Waals surface area contributed by atoms with Crippen LogP contribution in [0.2, 0.25) is 5.02 Å². The lowest BCUT2D eigenvalue weighted by Crippen LogP contribution is -2.19. The monoisotopic (exact) mass is 467 g/mol. The summed E-state index contributed by atoms with van der Waals surface area (Å²) in [5, 5.41) is 3.94. The molecule has 1 unspecified atom stereocenters. The van der Waals surface area contributed by atoms with Crippen LogP contribution in [0.15, 0.2) is 40.9 Å². The maximum Gasteiger partial charge on any atom is 0.126 e. The van der Waals surface area contributed by atoms with Crippen molar-refractivity contribution in [2.24, 2.45) is 0 Å². The zero-order chi connectivity index (χ0) is 14.7. The molecular weight excluding hydrogens is 455 g/mol. The van der Waals surface area contributed by atoms with Gasteiger partial charge in [-0.2, -0.15) is 0 Å². The molecule has 1 atom stereocenters. The molecule has 0 fully saturated rings. The Morgan fingerprint density at radius 2 is 2.05 bits per heavy atom. The van der Waals surface area contributed by atoms with Gasteiger partial charge in [0.15, 0.2) is 0 Å². The third kappa shape index (κ3) is 3.93. The molecule has 2 rings (SSSR count). The molecule has 0 aliphatic heterocycles. The second kappa shape index (κ2) is 7.20. The van der Waals surface area contributed by atoms with Crippen LogP contribution in [0.3, 0.4) is 0 Å². The van der Waals surface area contributed by atoms with Gasteiger partial charge in [-0.15, -0.1) is 0 Å². The van der Waals surface area contributed by atoms with Crippen LogP contribution >= 0.6 is 50.1 Å². The van der Waals surface area contributed by atoms with E-state index in [0.717, 1.165) is 18.6 Å². The van der Waals surface area contributed by atoms with Gasteiger partial charge in [-0.3, -0.25) is 0 Å². The molecule has 20 heavy (non-hydrogen) atoms. The minimum absolute atomic E-state index is 0.0216. The molecule has 2 aromatic rings. The third-order valence-electron chi connectivity index (χ3n) is 3.13. The molecule has 0 saturated carbocycles. The van der Waals surface area contributed by atoms with E-state index in [1.54, 1.807) is 6.07 Å². The Hall–Kier alpha value is -0.170. The average molecular weight is 469 g/mol. The SMILES string of the molecule is CNC(Cc1cc(Br)ccc1F)c1ccc(I)c(Cl)c1. The first-order chi connectivity index (χ1) is 9.51. The fraction of sp³-hybridized carbons (Fsp3) is 0.200. The first kappa shape index (κ1) is 16.2. The van der Waals surface area contributed by atoms with Crippen LogP contribution in [0.5, 0.6) is 0 Å². The van der Waals surface area contributed by atoms with Crippen molar-refractivity contribution in [1.82, 2.24) is 5.32 Å². The van der Waals surface area contributed by atoms with Crippen molar-refractivity contribution in [2.75, 3.05) is 7.05 Å². The summed E-state index contributed by atoms with van der Waals surface area (Å²) in [5.41, 5.74) is 1.73. The summed E-state index contributed by atoms with van der Waals surface area (Å²) in [6, 6.07) is 10.9. The minimum atomic E-state index is -0.190. The first-order valence-electron chi connectivity index (χ1n) is 6.07. The van der Waals surface area contributed by atoms with E-state index < -0.39 is 0 Å². The Bertz CT molecular complexity index is 621. The Kier molecular flexibility index (Phi) is 5.84. The Labute approximate surface area is 145 Å². The van der Waals surface area contributed by atoms with Crippen LogP contribution in [-0.4, -0.2) is 7.05 Å². The normalized spacial score (nSPS) is 12.4. The average Bonchev–Trinajstić information content (AvgIpc) is 2.43. The van der Waals surface area contributed by atoms with E-state index >= 15 is 0 Å². The van der Waals surface area contributed by atoms with Crippen molar-refractivity contribution in [3.8, 4) is 0 Å². The predicted octanol–water partition coefficient (Wildman–Crippen LogP) is 5.35. The first-order valence-corrected chi connectivity index (χ1v) is 8.32. The van der Waals surface area contributed by atoms with Crippen LogP contribution in [0.4, 0.5) is 4.39 Å². The Morgan fingerprint density at radius 1 is 1.30 bits per heavy atom. The molecular formula is C15H13BrClFIN. The van der Waals surface area contributed by atoms with Crippen LogP contribution < -0.4 is 5.32 Å². The highest BCUT2D eigenvalue weighted by Gasteiger charge is 2.14. The van der Waals surface area contributed by atoms with Crippen molar-refractivity contribution < 1.29 is 4.39 Å². The highest BCUT2D eigenvalue weighted by molar-refractivity contribution is 14.1. The summed E-state index contributed by atoms with van der Waals surface area (Å²) in [5.74, 6) is -0.190. The van der Waals surface area contributed by atoms with Crippen molar-refractivity contribution in [3.05, 3.63) is 66.4 Å². The van der Waals surface area contributed by atoms with Crippen LogP contribution in [0.1, 0.15) is 17.2 Å². The van der Waals surface area contributed by atoms with Crippen molar-refractivity contribution in [2.45, 2.75) is 12.5 Å². The highest BCUT2D eigenvalue weighted by Crippen LogP contribution is 2.26. The maximum atomic E-state index is 13.8. The Morgan fingerprint density at radius 3 is 2.70 bits per heavy atom. The van der Waals surface area contributed by atoms with Crippen molar-refractivity contribution in [3.63, 3.8) is 0 Å². The van der Waals surface area contributed by atoms with E-state index in [1.807, 2.05) is 31.3 Å². The fourth-order valence-corrected chi connectivity index (χ4v) is 2.97. The molecule has 106 valence electrons. The molecule has 1 N–H and O–H groups in total. The van der Waals surface area contributed by atoms with Gasteiger partial charge in [0.25, 0.3) is 0 Å². The van der Waals surface area contributed by atoms with Gasteiger partial charge in [0, 0.05) is 14.1 Å². The van der Waals surface area contributed by atoms with E-state index in [-0.39, 0.29) is 11.9 Å². The standard InChI is InChI=1S/C15H13BrClFIN/c1-20-15(9-2-5-14(19)12(17)7-9)8-10-6-11(16)3-4-13(10)18/h2-7,15,20H,8H2,1H3. The van der Waals surface area contributed by atoms with Gasteiger partial charge in [0.05, 0.1) is 5.02 Å². The van der Waals surface area contributed by atoms with Crippen LogP contribution in [0.25, 0.3) is 0 Å². The van der Waals surface area contributed by atoms with Gasteiger partial charge in [-0.25, -0.2) is 4.39 Å². The molecule has 0 aliphatic carbocycles. The van der Waals surface area contributed by atoms with Crippen LogP contribution in [0, 0.1) is 9.39 Å². The zero-order valence-corrected chi connectivity index (χ0v) is 15.3. The summed E-state index contributed by atoms with van der Waals surface area (Å²) < 4.78 is 15.7. The van der Waals surface area contributed by atoms with Crippen LogP contribution in [-0.2, 0) is 6.42 Å². The summed E-state index contributed by atoms with van der Waals surface area (Å²) in [7, 11) is 1.87. The molecule has 5 heteroatoms. The molecule has 0 heterocycles. The lowest BCUT2D eigenvalue weighted by Gasteiger charge is -2.18. The Balaban J connectivity index is 2.28. The molecule has 2 aromatic carbocycles. The molecule has 0 saturated heterocycles. The van der Waals surface area contributed by atoms with E-state index in [4.69, 9.17) is 11.6 Å². The highest BCUT2D eigenvalue weighted by atomic mass is 127. The number of hydrogen-bond donors (Lipinski definition) is 1. The van der Waals surface area contributed by atoms with E-state index in [1.165, 1.54) is 6.07 Å². The number of rotatable bonds is 4. The summed E-state index contributed by atoms with van der Waals surface area (Å²) >= 11 is 11.7. The molecule has 0 bridgehead atoms. The fourth-order valence-electron chi connectivity index (χ4n) is 2.04. The lowest BCUT2D eigenvalue weighted by atomic mass is 9.99. The van der Waals surface area contributed by atoms with Crippen molar-refractivity contribution >= 4 is 50.1 Å². The molecule has 0 aliphatic rings. The smallest absolute Gasteiger partial charge is 0.126 e. The quantitative estimate of drug-likeness (QED) is 0.597. The number of nitrogens with one attached hydrogen (secondary N) is 1. The molecule has 0 spiro atoms. The number of likely N-dealkylation sites (N-methyl/N-ethyl adjacent to an activating group) is 1. The predicted molar refractivity (Wildman–Crippen MR) is 93.8 cm³/mol. The largest absolute Gasteiger partial charge is 0.313 e. The maximum absolute atomic E-state index is 13.8. The number of hydrogen-bond acceptors (Lipinski definition) is 1. The summed E-state index contributed by atoms with van der Waals surface area (Å²) in [4.78, 5) is 0.